The van der Waals surface area contributed by atoms with E-state index in [2.05, 4.69) is 10.6 Å². The van der Waals surface area contributed by atoms with E-state index in [4.69, 9.17) is 0 Å². The average molecular weight is 393 g/mol. The molecule has 0 fully saturated rings. The lowest BCUT2D eigenvalue weighted by molar-refractivity contribution is 0.0948. The van der Waals surface area contributed by atoms with E-state index < -0.39 is 0 Å². The van der Waals surface area contributed by atoms with Gasteiger partial charge in [-0.05, 0) is 34.1 Å². The summed E-state index contributed by atoms with van der Waals surface area (Å²) in [4.78, 5) is 23.7. The van der Waals surface area contributed by atoms with Gasteiger partial charge < -0.3 is 10.6 Å². The molecule has 0 heterocycles. The van der Waals surface area contributed by atoms with Crippen molar-refractivity contribution in [3.8, 4) is 0 Å². The predicted octanol–water partition coefficient (Wildman–Crippen LogP) is 3.88. The van der Waals surface area contributed by atoms with E-state index in [0.29, 0.717) is 24.2 Å². The highest BCUT2D eigenvalue weighted by atomic mass is 33.5. The van der Waals surface area contributed by atoms with Crippen LogP contribution in [0.5, 0.6) is 0 Å². The summed E-state index contributed by atoms with van der Waals surface area (Å²) in [5.74, 6) is 1.60. The summed E-state index contributed by atoms with van der Waals surface area (Å²) >= 11 is 0. The fourth-order valence-electron chi connectivity index (χ4n) is 1.90. The summed E-state index contributed by atoms with van der Waals surface area (Å²) in [6.45, 7) is 1.27. The lowest BCUT2D eigenvalue weighted by Gasteiger charge is -2.05. The maximum Gasteiger partial charge on any atom is 0.251 e. The van der Waals surface area contributed by atoms with Gasteiger partial charge in [0.05, 0.1) is 0 Å². The molecule has 0 aliphatic rings. The molecule has 0 aliphatic heterocycles. The Morgan fingerprint density at radius 1 is 0.680 bits per heavy atom. The monoisotopic (exact) mass is 392 g/mol. The van der Waals surface area contributed by atoms with E-state index in [1.165, 1.54) is 0 Å². The molecule has 132 valence electrons. The SMILES string of the molecule is O=C(NCCSSSCCNC(=O)c1ccccc1)c1ccccc1. The van der Waals surface area contributed by atoms with Crippen molar-refractivity contribution in [2.45, 2.75) is 0 Å². The molecule has 0 saturated heterocycles. The fraction of sp³-hybridized carbons (Fsp3) is 0.222. The summed E-state index contributed by atoms with van der Waals surface area (Å²) in [5.41, 5.74) is 1.37. The summed E-state index contributed by atoms with van der Waals surface area (Å²) in [5, 5.41) is 5.79. The predicted molar refractivity (Wildman–Crippen MR) is 110 cm³/mol. The van der Waals surface area contributed by atoms with E-state index >= 15 is 0 Å². The third kappa shape index (κ3) is 7.90. The van der Waals surface area contributed by atoms with Gasteiger partial charge in [-0.15, -0.1) is 0 Å². The second-order valence-electron chi connectivity index (χ2n) is 4.96. The van der Waals surface area contributed by atoms with Crippen LogP contribution in [0.1, 0.15) is 20.7 Å². The van der Waals surface area contributed by atoms with Crippen molar-refractivity contribution in [1.82, 2.24) is 10.6 Å². The Labute approximate surface area is 159 Å². The number of amides is 2. The minimum absolute atomic E-state index is 0.0394. The van der Waals surface area contributed by atoms with Crippen LogP contribution in [0.15, 0.2) is 60.7 Å². The molecule has 0 radical (unpaired) electrons. The van der Waals surface area contributed by atoms with E-state index in [9.17, 15) is 9.59 Å². The van der Waals surface area contributed by atoms with Crippen molar-refractivity contribution in [3.05, 3.63) is 71.8 Å². The molecule has 0 unspecified atom stereocenters. The van der Waals surface area contributed by atoms with Crippen molar-refractivity contribution in [1.29, 1.82) is 0 Å². The van der Waals surface area contributed by atoms with Gasteiger partial charge in [0.15, 0.2) is 0 Å². The first-order valence-corrected chi connectivity index (χ1v) is 11.7. The van der Waals surface area contributed by atoms with E-state index in [0.717, 1.165) is 11.5 Å². The molecule has 0 spiro atoms. The van der Waals surface area contributed by atoms with Gasteiger partial charge in [0.1, 0.15) is 0 Å². The Morgan fingerprint density at radius 2 is 1.08 bits per heavy atom. The van der Waals surface area contributed by atoms with Crippen molar-refractivity contribution < 1.29 is 9.59 Å². The van der Waals surface area contributed by atoms with Gasteiger partial charge in [0, 0.05) is 35.7 Å². The van der Waals surface area contributed by atoms with Gasteiger partial charge in [0.2, 0.25) is 0 Å². The summed E-state index contributed by atoms with van der Waals surface area (Å²) in [7, 11) is 5.07. The van der Waals surface area contributed by atoms with Crippen molar-refractivity contribution in [2.75, 3.05) is 24.6 Å². The van der Waals surface area contributed by atoms with Gasteiger partial charge in [-0.1, -0.05) is 58.0 Å². The number of nitrogens with one attached hydrogen (secondary N) is 2. The Balaban J connectivity index is 1.45. The number of rotatable bonds is 10. The third-order valence-corrected chi connectivity index (χ3v) is 7.35. The molecule has 0 aromatic heterocycles. The first kappa shape index (κ1) is 19.8. The van der Waals surface area contributed by atoms with Gasteiger partial charge >= 0.3 is 0 Å². The second-order valence-corrected chi connectivity index (χ2v) is 9.43. The maximum absolute atomic E-state index is 11.8. The van der Waals surface area contributed by atoms with Gasteiger partial charge in [0.25, 0.3) is 11.8 Å². The first-order chi connectivity index (χ1) is 12.3. The minimum Gasteiger partial charge on any atom is -0.351 e. The molecule has 0 bridgehead atoms. The molecule has 0 atom stereocenters. The lowest BCUT2D eigenvalue weighted by Crippen LogP contribution is -2.25. The Bertz CT molecular complexity index is 596. The molecule has 2 aromatic carbocycles. The van der Waals surface area contributed by atoms with Crippen LogP contribution < -0.4 is 10.6 Å². The highest BCUT2D eigenvalue weighted by molar-refractivity contribution is 9.09. The van der Waals surface area contributed by atoms with Crippen LogP contribution in [0.4, 0.5) is 0 Å². The Kier molecular flexibility index (Phi) is 9.40. The van der Waals surface area contributed by atoms with E-state index in [1.54, 1.807) is 55.7 Å². The van der Waals surface area contributed by atoms with Crippen molar-refractivity contribution in [2.24, 2.45) is 0 Å². The molecule has 25 heavy (non-hydrogen) atoms. The number of benzene rings is 2. The van der Waals surface area contributed by atoms with E-state index in [1.807, 2.05) is 36.4 Å². The molecule has 2 N–H and O–H groups in total. The van der Waals surface area contributed by atoms with Crippen LogP contribution in [0.3, 0.4) is 0 Å². The third-order valence-electron chi connectivity index (χ3n) is 3.11. The fourth-order valence-corrected chi connectivity index (χ4v) is 5.42. The number of carbonyl (C=O) groups excluding carboxylic acids is 2. The van der Waals surface area contributed by atoms with Crippen LogP contribution in [0.2, 0.25) is 0 Å². The molecule has 2 amide bonds. The molecule has 2 rings (SSSR count). The van der Waals surface area contributed by atoms with Crippen LogP contribution in [0, 0.1) is 0 Å². The van der Waals surface area contributed by atoms with Crippen molar-refractivity contribution in [3.63, 3.8) is 0 Å². The number of hydrogen-bond donors (Lipinski definition) is 2. The smallest absolute Gasteiger partial charge is 0.251 e. The second kappa shape index (κ2) is 11.9. The number of hydrogen-bond acceptors (Lipinski definition) is 5. The zero-order valence-electron chi connectivity index (χ0n) is 13.6. The minimum atomic E-state index is -0.0394. The lowest BCUT2D eigenvalue weighted by atomic mass is 10.2. The van der Waals surface area contributed by atoms with Gasteiger partial charge in [-0.2, -0.15) is 0 Å². The Morgan fingerprint density at radius 3 is 1.48 bits per heavy atom. The zero-order chi connectivity index (χ0) is 17.7. The molecule has 2 aromatic rings. The highest BCUT2D eigenvalue weighted by Crippen LogP contribution is 2.33. The zero-order valence-corrected chi connectivity index (χ0v) is 16.1. The normalized spacial score (nSPS) is 10.2. The molecule has 0 aliphatic carbocycles. The molecule has 4 nitrogen and oxygen atoms in total. The van der Waals surface area contributed by atoms with Gasteiger partial charge in [-0.3, -0.25) is 9.59 Å². The van der Waals surface area contributed by atoms with Crippen LogP contribution in [0.25, 0.3) is 0 Å². The largest absolute Gasteiger partial charge is 0.351 e. The maximum atomic E-state index is 11.8. The molecule has 0 saturated carbocycles. The summed E-state index contributed by atoms with van der Waals surface area (Å²) < 4.78 is 0. The molecular weight excluding hydrogens is 372 g/mol. The molecule has 7 heteroatoms. The van der Waals surface area contributed by atoms with Crippen LogP contribution in [-0.2, 0) is 0 Å². The van der Waals surface area contributed by atoms with Crippen LogP contribution >= 0.6 is 31.4 Å². The standard InChI is InChI=1S/C18H20N2O2S3/c21-17(15-7-3-1-4-8-15)19-11-13-23-25-24-14-12-20-18(22)16-9-5-2-6-10-16/h1-10H,11-14H2,(H,19,21)(H,20,22). The van der Waals surface area contributed by atoms with Crippen LogP contribution in [-0.4, -0.2) is 36.4 Å². The number of carbonyl (C=O) groups is 2. The average Bonchev–Trinajstić information content (AvgIpc) is 2.67. The highest BCUT2D eigenvalue weighted by Gasteiger charge is 2.04. The topological polar surface area (TPSA) is 58.2 Å². The summed E-state index contributed by atoms with van der Waals surface area (Å²) in [6, 6.07) is 18.4. The molecular formula is C18H20N2O2S3. The van der Waals surface area contributed by atoms with E-state index in [-0.39, 0.29) is 11.8 Å². The summed E-state index contributed by atoms with van der Waals surface area (Å²) in [6.07, 6.45) is 0. The van der Waals surface area contributed by atoms with Gasteiger partial charge in [-0.25, -0.2) is 0 Å². The quantitative estimate of drug-likeness (QED) is 0.475. The Hall–Kier alpha value is -1.57. The van der Waals surface area contributed by atoms with Crippen molar-refractivity contribution >= 4 is 43.2 Å². The first-order valence-electron chi connectivity index (χ1n) is 7.85.